The second-order valence-corrected chi connectivity index (χ2v) is 6.43. The summed E-state index contributed by atoms with van der Waals surface area (Å²) in [4.78, 5) is 5.00. The van der Waals surface area contributed by atoms with E-state index < -0.39 is 0 Å². The van der Waals surface area contributed by atoms with Crippen LogP contribution in [0.15, 0.2) is 10.6 Å². The van der Waals surface area contributed by atoms with E-state index in [4.69, 9.17) is 4.52 Å². The van der Waals surface area contributed by atoms with Gasteiger partial charge < -0.3 is 14.7 Å². The van der Waals surface area contributed by atoms with Crippen LogP contribution in [0.1, 0.15) is 38.6 Å². The van der Waals surface area contributed by atoms with Crippen molar-refractivity contribution in [3.8, 4) is 0 Å². The van der Waals surface area contributed by atoms with Crippen LogP contribution in [0, 0.1) is 5.92 Å². The van der Waals surface area contributed by atoms with E-state index in [0.717, 1.165) is 44.2 Å². The molecule has 0 spiro atoms. The van der Waals surface area contributed by atoms with Crippen LogP contribution in [0.2, 0.25) is 0 Å². The Morgan fingerprint density at radius 1 is 1.24 bits per heavy atom. The fourth-order valence-electron chi connectivity index (χ4n) is 2.71. The Hall–Kier alpha value is -0.910. The molecule has 2 heterocycles. The highest BCUT2D eigenvalue weighted by Gasteiger charge is 2.17. The van der Waals surface area contributed by atoms with Gasteiger partial charge in [0.2, 0.25) is 0 Å². The number of hydrogen-bond donors (Lipinski definition) is 1. The molecule has 2 rings (SSSR count). The number of nitrogens with zero attached hydrogens (tertiary/aromatic N) is 3. The fourth-order valence-corrected chi connectivity index (χ4v) is 2.71. The second kappa shape index (κ2) is 8.51. The van der Waals surface area contributed by atoms with Gasteiger partial charge in [-0.25, -0.2) is 0 Å². The third-order valence-electron chi connectivity index (χ3n) is 3.85. The molecule has 0 aromatic carbocycles. The van der Waals surface area contributed by atoms with Gasteiger partial charge in [-0.3, -0.25) is 4.90 Å². The Balaban J connectivity index is 1.70. The maximum atomic E-state index is 5.45. The number of rotatable bonds is 8. The van der Waals surface area contributed by atoms with E-state index in [2.05, 4.69) is 47.1 Å². The molecule has 0 atom stereocenters. The first-order valence-corrected chi connectivity index (χ1v) is 8.27. The summed E-state index contributed by atoms with van der Waals surface area (Å²) >= 11 is 0. The van der Waals surface area contributed by atoms with Gasteiger partial charge in [-0.15, -0.1) is 0 Å². The summed E-state index contributed by atoms with van der Waals surface area (Å²) in [6, 6.07) is 2.09. The van der Waals surface area contributed by atoms with E-state index in [1.807, 2.05) is 0 Å². The summed E-state index contributed by atoms with van der Waals surface area (Å²) < 4.78 is 5.45. The summed E-state index contributed by atoms with van der Waals surface area (Å²) in [7, 11) is 0. The quantitative estimate of drug-likeness (QED) is 0.794. The molecule has 0 aliphatic carbocycles. The molecule has 0 radical (unpaired) electrons. The molecule has 120 valence electrons. The van der Waals surface area contributed by atoms with Crippen molar-refractivity contribution in [2.24, 2.45) is 5.92 Å². The first-order valence-electron chi connectivity index (χ1n) is 8.27. The van der Waals surface area contributed by atoms with Crippen LogP contribution in [0.3, 0.4) is 0 Å². The smallest absolute Gasteiger partial charge is 0.151 e. The van der Waals surface area contributed by atoms with Crippen molar-refractivity contribution in [2.75, 3.05) is 39.3 Å². The molecular formula is C16H30N4O. The second-order valence-electron chi connectivity index (χ2n) is 6.43. The van der Waals surface area contributed by atoms with Crippen LogP contribution >= 0.6 is 0 Å². The molecule has 0 saturated carbocycles. The van der Waals surface area contributed by atoms with Crippen molar-refractivity contribution in [3.05, 3.63) is 17.5 Å². The Bertz CT molecular complexity index is 397. The molecule has 1 aliphatic heterocycles. The average molecular weight is 294 g/mol. The van der Waals surface area contributed by atoms with Gasteiger partial charge in [0.1, 0.15) is 0 Å². The van der Waals surface area contributed by atoms with Crippen molar-refractivity contribution in [1.29, 1.82) is 0 Å². The molecule has 1 aromatic heterocycles. The predicted octanol–water partition coefficient (Wildman–Crippen LogP) is 1.95. The lowest BCUT2D eigenvalue weighted by Gasteiger charge is -2.33. The van der Waals surface area contributed by atoms with Gasteiger partial charge in [-0.05, 0) is 25.4 Å². The van der Waals surface area contributed by atoms with Crippen LogP contribution in [0.4, 0.5) is 0 Å². The normalized spacial score (nSPS) is 17.7. The van der Waals surface area contributed by atoms with E-state index >= 15 is 0 Å². The molecule has 5 heteroatoms. The van der Waals surface area contributed by atoms with Gasteiger partial charge in [0.15, 0.2) is 5.76 Å². The SMILES string of the molecule is CCCN1CCN(Cc2cc(CNCC(C)C)no2)CC1. The van der Waals surface area contributed by atoms with Crippen molar-refractivity contribution < 1.29 is 4.52 Å². The Labute approximate surface area is 128 Å². The maximum absolute atomic E-state index is 5.45. The average Bonchev–Trinajstić information content (AvgIpc) is 2.88. The zero-order chi connectivity index (χ0) is 15.1. The van der Waals surface area contributed by atoms with Gasteiger partial charge in [0, 0.05) is 38.8 Å². The molecule has 1 N–H and O–H groups in total. The minimum absolute atomic E-state index is 0.663. The topological polar surface area (TPSA) is 44.5 Å². The number of hydrogen-bond acceptors (Lipinski definition) is 5. The van der Waals surface area contributed by atoms with Crippen molar-refractivity contribution in [2.45, 2.75) is 40.3 Å². The first kappa shape index (κ1) is 16.5. The van der Waals surface area contributed by atoms with Gasteiger partial charge in [0.05, 0.1) is 12.2 Å². The third kappa shape index (κ3) is 5.77. The molecule has 0 amide bonds. The van der Waals surface area contributed by atoms with Crippen LogP contribution in [0.25, 0.3) is 0 Å². The van der Waals surface area contributed by atoms with Crippen LogP contribution < -0.4 is 5.32 Å². The zero-order valence-electron chi connectivity index (χ0n) is 13.8. The van der Waals surface area contributed by atoms with Crippen LogP contribution in [-0.4, -0.2) is 54.2 Å². The largest absolute Gasteiger partial charge is 0.360 e. The van der Waals surface area contributed by atoms with E-state index in [-0.39, 0.29) is 0 Å². The molecule has 21 heavy (non-hydrogen) atoms. The van der Waals surface area contributed by atoms with E-state index in [0.29, 0.717) is 5.92 Å². The highest BCUT2D eigenvalue weighted by molar-refractivity contribution is 5.05. The molecule has 1 fully saturated rings. The van der Waals surface area contributed by atoms with Gasteiger partial charge in [-0.2, -0.15) is 0 Å². The number of aromatic nitrogens is 1. The summed E-state index contributed by atoms with van der Waals surface area (Å²) in [5.74, 6) is 1.65. The van der Waals surface area contributed by atoms with Crippen molar-refractivity contribution >= 4 is 0 Å². The van der Waals surface area contributed by atoms with Crippen molar-refractivity contribution in [1.82, 2.24) is 20.3 Å². The zero-order valence-corrected chi connectivity index (χ0v) is 13.8. The lowest BCUT2D eigenvalue weighted by molar-refractivity contribution is 0.118. The summed E-state index contributed by atoms with van der Waals surface area (Å²) in [5, 5.41) is 7.54. The van der Waals surface area contributed by atoms with E-state index in [1.165, 1.54) is 26.1 Å². The third-order valence-corrected chi connectivity index (χ3v) is 3.85. The fraction of sp³-hybridized carbons (Fsp3) is 0.812. The van der Waals surface area contributed by atoms with Gasteiger partial charge in [-0.1, -0.05) is 25.9 Å². The lowest BCUT2D eigenvalue weighted by atomic mass is 10.2. The monoisotopic (exact) mass is 294 g/mol. The standard InChI is InChI=1S/C16H30N4O/c1-4-5-19-6-8-20(9-7-19)13-16-10-15(18-21-16)12-17-11-14(2)3/h10,14,17H,4-9,11-13H2,1-3H3. The minimum Gasteiger partial charge on any atom is -0.360 e. The molecular weight excluding hydrogens is 264 g/mol. The van der Waals surface area contributed by atoms with Crippen LogP contribution in [-0.2, 0) is 13.1 Å². The summed E-state index contributed by atoms with van der Waals surface area (Å²) in [6.07, 6.45) is 1.24. The lowest BCUT2D eigenvalue weighted by Crippen LogP contribution is -2.45. The van der Waals surface area contributed by atoms with Crippen molar-refractivity contribution in [3.63, 3.8) is 0 Å². The molecule has 1 aliphatic rings. The Morgan fingerprint density at radius 3 is 2.62 bits per heavy atom. The predicted molar refractivity (Wildman–Crippen MR) is 85.1 cm³/mol. The molecule has 0 bridgehead atoms. The van der Waals surface area contributed by atoms with Gasteiger partial charge in [0.25, 0.3) is 0 Å². The Kier molecular flexibility index (Phi) is 6.67. The van der Waals surface area contributed by atoms with E-state index in [1.54, 1.807) is 0 Å². The Morgan fingerprint density at radius 2 is 1.95 bits per heavy atom. The molecule has 1 aromatic rings. The van der Waals surface area contributed by atoms with E-state index in [9.17, 15) is 0 Å². The summed E-state index contributed by atoms with van der Waals surface area (Å²) in [6.45, 7) is 15.2. The first-order chi connectivity index (χ1) is 10.2. The molecule has 0 unspecified atom stereocenters. The minimum atomic E-state index is 0.663. The molecule has 5 nitrogen and oxygen atoms in total. The maximum Gasteiger partial charge on any atom is 0.151 e. The highest BCUT2D eigenvalue weighted by Crippen LogP contribution is 2.10. The molecule has 1 saturated heterocycles. The van der Waals surface area contributed by atoms with Crippen LogP contribution in [0.5, 0.6) is 0 Å². The highest BCUT2D eigenvalue weighted by atomic mass is 16.5. The summed E-state index contributed by atoms with van der Waals surface area (Å²) in [5.41, 5.74) is 1.01. The number of piperazine rings is 1. The van der Waals surface area contributed by atoms with Gasteiger partial charge >= 0.3 is 0 Å². The number of nitrogens with one attached hydrogen (secondary N) is 1.